The average Bonchev–Trinajstić information content (AvgIpc) is 2.00. The summed E-state index contributed by atoms with van der Waals surface area (Å²) in [7, 11) is -2.09. The molecule has 0 aliphatic heterocycles. The fraction of sp³-hybridized carbons (Fsp3) is 0.800. The lowest BCUT2D eigenvalue weighted by molar-refractivity contribution is 0.134. The molecule has 0 aliphatic carbocycles. The highest BCUT2D eigenvalue weighted by molar-refractivity contribution is 6.71. The molecule has 0 amide bonds. The Bertz CT molecular complexity index is 157. The van der Waals surface area contributed by atoms with E-state index in [1.54, 1.807) is 0 Å². The molecule has 0 rings (SSSR count). The van der Waals surface area contributed by atoms with E-state index < -0.39 is 8.56 Å². The molecule has 2 nitrogen and oxygen atoms in total. The standard InChI is InChI=1S/C10H22O2Si/c1-7-13(6,12-10(4)5)11-8-9(2)3/h7,9-10H,1,8H2,2-6H3. The minimum Gasteiger partial charge on any atom is -0.391 e. The zero-order valence-corrected chi connectivity index (χ0v) is 10.5. The van der Waals surface area contributed by atoms with Crippen LogP contribution >= 0.6 is 0 Å². The van der Waals surface area contributed by atoms with Crippen LogP contribution in [0.15, 0.2) is 12.3 Å². The molecule has 0 bridgehead atoms. The molecule has 0 N–H and O–H groups in total. The molecule has 13 heavy (non-hydrogen) atoms. The van der Waals surface area contributed by atoms with Crippen molar-refractivity contribution >= 4 is 8.56 Å². The molecule has 1 atom stereocenters. The van der Waals surface area contributed by atoms with Crippen LogP contribution in [0.5, 0.6) is 0 Å². The molecule has 0 saturated heterocycles. The predicted octanol–water partition coefficient (Wildman–Crippen LogP) is 2.88. The van der Waals surface area contributed by atoms with Crippen molar-refractivity contribution in [2.75, 3.05) is 6.61 Å². The fourth-order valence-corrected chi connectivity index (χ4v) is 2.82. The smallest absolute Gasteiger partial charge is 0.361 e. The highest BCUT2D eigenvalue weighted by Crippen LogP contribution is 2.12. The summed E-state index contributed by atoms with van der Waals surface area (Å²) in [5.41, 5.74) is 1.84. The third kappa shape index (κ3) is 6.02. The zero-order valence-electron chi connectivity index (χ0n) is 9.46. The SMILES string of the molecule is C=C[Si](C)(OCC(C)C)OC(C)C. The van der Waals surface area contributed by atoms with E-state index in [1.807, 2.05) is 26.1 Å². The Kier molecular flexibility index (Phi) is 5.52. The first-order valence-electron chi connectivity index (χ1n) is 4.85. The Balaban J connectivity index is 4.03. The maximum absolute atomic E-state index is 5.75. The summed E-state index contributed by atoms with van der Waals surface area (Å²) in [5.74, 6) is 0.544. The highest BCUT2D eigenvalue weighted by atomic mass is 28.4. The van der Waals surface area contributed by atoms with Crippen LogP contribution in [0.25, 0.3) is 0 Å². The van der Waals surface area contributed by atoms with E-state index in [-0.39, 0.29) is 6.10 Å². The lowest BCUT2D eigenvalue weighted by atomic mass is 10.2. The minimum absolute atomic E-state index is 0.210. The lowest BCUT2D eigenvalue weighted by Crippen LogP contribution is -2.40. The first-order valence-corrected chi connectivity index (χ1v) is 7.24. The van der Waals surface area contributed by atoms with Crippen LogP contribution in [-0.4, -0.2) is 21.3 Å². The van der Waals surface area contributed by atoms with Gasteiger partial charge in [0.25, 0.3) is 0 Å². The first kappa shape index (κ1) is 12.9. The average molecular weight is 202 g/mol. The molecule has 0 radical (unpaired) electrons. The molecule has 78 valence electrons. The van der Waals surface area contributed by atoms with Crippen LogP contribution in [0.2, 0.25) is 6.55 Å². The van der Waals surface area contributed by atoms with Crippen LogP contribution in [-0.2, 0) is 8.85 Å². The van der Waals surface area contributed by atoms with E-state index in [0.717, 1.165) is 6.61 Å². The van der Waals surface area contributed by atoms with Gasteiger partial charge < -0.3 is 8.85 Å². The summed E-state index contributed by atoms with van der Waals surface area (Å²) in [4.78, 5) is 0. The van der Waals surface area contributed by atoms with Crippen LogP contribution in [0.3, 0.4) is 0 Å². The van der Waals surface area contributed by atoms with Crippen molar-refractivity contribution in [3.8, 4) is 0 Å². The Hall–Kier alpha value is -0.123. The summed E-state index contributed by atoms with van der Waals surface area (Å²) in [6.07, 6.45) is 0.210. The van der Waals surface area contributed by atoms with Crippen LogP contribution in [0.1, 0.15) is 27.7 Å². The second-order valence-electron chi connectivity index (χ2n) is 4.09. The Morgan fingerprint density at radius 3 is 2.15 bits per heavy atom. The van der Waals surface area contributed by atoms with Crippen molar-refractivity contribution in [3.63, 3.8) is 0 Å². The first-order chi connectivity index (χ1) is 5.89. The second kappa shape index (κ2) is 5.57. The molecule has 0 fully saturated rings. The summed E-state index contributed by atoms with van der Waals surface area (Å²) in [6.45, 7) is 14.9. The molecular weight excluding hydrogens is 180 g/mol. The van der Waals surface area contributed by atoms with Gasteiger partial charge in [0.05, 0.1) is 0 Å². The maximum atomic E-state index is 5.75. The van der Waals surface area contributed by atoms with E-state index in [0.29, 0.717) is 5.92 Å². The van der Waals surface area contributed by atoms with Crippen LogP contribution in [0, 0.1) is 5.92 Å². The molecule has 0 saturated carbocycles. The van der Waals surface area contributed by atoms with Gasteiger partial charge in [0.15, 0.2) is 0 Å². The van der Waals surface area contributed by atoms with Crippen molar-refractivity contribution in [2.45, 2.75) is 40.3 Å². The third-order valence-electron chi connectivity index (χ3n) is 1.54. The molecule has 0 aliphatic rings. The maximum Gasteiger partial charge on any atom is 0.361 e. The Labute approximate surface area is 83.2 Å². The van der Waals surface area contributed by atoms with Gasteiger partial charge in [0, 0.05) is 12.7 Å². The molecule has 0 aromatic rings. The van der Waals surface area contributed by atoms with Gasteiger partial charge in [-0.15, -0.1) is 6.58 Å². The van der Waals surface area contributed by atoms with Crippen molar-refractivity contribution in [1.82, 2.24) is 0 Å². The molecule has 0 aromatic carbocycles. The van der Waals surface area contributed by atoms with Crippen molar-refractivity contribution in [3.05, 3.63) is 12.3 Å². The molecule has 3 heteroatoms. The van der Waals surface area contributed by atoms with E-state index in [1.165, 1.54) is 0 Å². The largest absolute Gasteiger partial charge is 0.391 e. The summed E-state index contributed by atoms with van der Waals surface area (Å²) >= 11 is 0. The highest BCUT2D eigenvalue weighted by Gasteiger charge is 2.28. The molecule has 0 spiro atoms. The van der Waals surface area contributed by atoms with Gasteiger partial charge in [-0.25, -0.2) is 0 Å². The van der Waals surface area contributed by atoms with Crippen LogP contribution in [0.4, 0.5) is 0 Å². The quantitative estimate of drug-likeness (QED) is 0.617. The van der Waals surface area contributed by atoms with E-state index in [4.69, 9.17) is 8.85 Å². The molecular formula is C10H22O2Si. The Morgan fingerprint density at radius 2 is 1.85 bits per heavy atom. The monoisotopic (exact) mass is 202 g/mol. The zero-order chi connectivity index (χ0) is 10.5. The summed E-state index contributed by atoms with van der Waals surface area (Å²) in [6, 6.07) is 0. The van der Waals surface area contributed by atoms with E-state index in [9.17, 15) is 0 Å². The van der Waals surface area contributed by atoms with Gasteiger partial charge in [0.2, 0.25) is 0 Å². The van der Waals surface area contributed by atoms with E-state index in [2.05, 4.69) is 20.4 Å². The summed E-state index contributed by atoms with van der Waals surface area (Å²) in [5, 5.41) is 0. The van der Waals surface area contributed by atoms with Gasteiger partial charge in [0.1, 0.15) is 0 Å². The van der Waals surface area contributed by atoms with E-state index >= 15 is 0 Å². The van der Waals surface area contributed by atoms with Gasteiger partial charge in [-0.2, -0.15) is 0 Å². The minimum atomic E-state index is -2.09. The number of rotatable bonds is 6. The Morgan fingerprint density at radius 1 is 1.31 bits per heavy atom. The predicted molar refractivity (Wildman–Crippen MR) is 58.8 cm³/mol. The van der Waals surface area contributed by atoms with Gasteiger partial charge >= 0.3 is 8.56 Å². The molecule has 1 unspecified atom stereocenters. The lowest BCUT2D eigenvalue weighted by Gasteiger charge is -2.26. The molecule has 0 aromatic heterocycles. The summed E-state index contributed by atoms with van der Waals surface area (Å²) < 4.78 is 11.5. The van der Waals surface area contributed by atoms with Crippen LogP contribution < -0.4 is 0 Å². The molecule has 0 heterocycles. The second-order valence-corrected chi connectivity index (χ2v) is 7.06. The van der Waals surface area contributed by atoms with Gasteiger partial charge in [-0.1, -0.05) is 13.8 Å². The van der Waals surface area contributed by atoms with Gasteiger partial charge in [-0.05, 0) is 32.0 Å². The van der Waals surface area contributed by atoms with Crippen molar-refractivity contribution < 1.29 is 8.85 Å². The van der Waals surface area contributed by atoms with Crippen molar-refractivity contribution in [1.29, 1.82) is 0 Å². The number of hydrogen-bond donors (Lipinski definition) is 0. The van der Waals surface area contributed by atoms with Crippen molar-refractivity contribution in [2.24, 2.45) is 5.92 Å². The topological polar surface area (TPSA) is 18.5 Å². The number of hydrogen-bond acceptors (Lipinski definition) is 2. The third-order valence-corrected chi connectivity index (χ3v) is 3.96. The fourth-order valence-electron chi connectivity index (χ4n) is 0.941. The van der Waals surface area contributed by atoms with Gasteiger partial charge in [-0.3, -0.25) is 0 Å². The normalized spacial score (nSPS) is 16.2.